The third-order valence-electron chi connectivity index (χ3n) is 4.86. The quantitative estimate of drug-likeness (QED) is 0.797. The summed E-state index contributed by atoms with van der Waals surface area (Å²) in [6.45, 7) is 0.905. The number of nitrogens with zero attached hydrogens (tertiary/aromatic N) is 2. The fraction of sp³-hybridized carbons (Fsp3) is 0.300. The molecule has 0 aliphatic carbocycles. The summed E-state index contributed by atoms with van der Waals surface area (Å²) < 4.78 is 5.37. The van der Waals surface area contributed by atoms with Crippen LogP contribution in [0.1, 0.15) is 23.3 Å². The predicted molar refractivity (Wildman–Crippen MR) is 102 cm³/mol. The molecule has 3 amide bonds. The Hall–Kier alpha value is -3.42. The number of piperidine rings is 1. The number of hydrogen-bond acceptors (Lipinski definition) is 5. The smallest absolute Gasteiger partial charge is 0.321 e. The van der Waals surface area contributed by atoms with Gasteiger partial charge in [-0.05, 0) is 37.1 Å². The number of hydrogen-bond donors (Lipinski definition) is 2. The highest BCUT2D eigenvalue weighted by molar-refractivity contribution is 5.98. The van der Waals surface area contributed by atoms with Gasteiger partial charge in [-0.3, -0.25) is 14.6 Å². The number of nitrogens with one attached hydrogen (secondary N) is 2. The minimum atomic E-state index is -0.265. The van der Waals surface area contributed by atoms with E-state index < -0.39 is 0 Å². The Morgan fingerprint density at radius 3 is 2.96 bits per heavy atom. The molecule has 0 bridgehead atoms. The maximum atomic E-state index is 12.7. The Morgan fingerprint density at radius 1 is 1.25 bits per heavy atom. The largest absolute Gasteiger partial charge is 0.482 e. The number of carbonyl (C=O) groups excluding carboxylic acids is 3. The predicted octanol–water partition coefficient (Wildman–Crippen LogP) is 2.54. The lowest BCUT2D eigenvalue weighted by Gasteiger charge is -2.32. The average Bonchev–Trinajstić information content (AvgIpc) is 2.74. The topological polar surface area (TPSA) is 101 Å². The van der Waals surface area contributed by atoms with Crippen LogP contribution in [-0.2, 0) is 4.79 Å². The summed E-state index contributed by atoms with van der Waals surface area (Å²) >= 11 is 0. The van der Waals surface area contributed by atoms with E-state index in [1.165, 1.54) is 0 Å². The number of amides is 3. The van der Waals surface area contributed by atoms with Crippen molar-refractivity contribution in [2.45, 2.75) is 12.8 Å². The van der Waals surface area contributed by atoms with Crippen LogP contribution < -0.4 is 15.4 Å². The zero-order chi connectivity index (χ0) is 19.5. The van der Waals surface area contributed by atoms with Gasteiger partial charge in [-0.1, -0.05) is 6.07 Å². The molecule has 1 aromatic carbocycles. The first kappa shape index (κ1) is 18.0. The van der Waals surface area contributed by atoms with Crippen molar-refractivity contribution >= 4 is 29.1 Å². The Labute approximate surface area is 161 Å². The normalized spacial score (nSPS) is 18.5. The third-order valence-corrected chi connectivity index (χ3v) is 4.86. The van der Waals surface area contributed by atoms with Crippen molar-refractivity contribution in [1.29, 1.82) is 0 Å². The zero-order valence-electron chi connectivity index (χ0n) is 15.2. The van der Waals surface area contributed by atoms with Crippen LogP contribution >= 0.6 is 0 Å². The van der Waals surface area contributed by atoms with E-state index >= 15 is 0 Å². The molecule has 2 aliphatic rings. The van der Waals surface area contributed by atoms with Crippen molar-refractivity contribution in [3.05, 3.63) is 48.3 Å². The second-order valence-corrected chi connectivity index (χ2v) is 6.84. The Morgan fingerprint density at radius 2 is 2.14 bits per heavy atom. The molecule has 4 rings (SSSR count). The van der Waals surface area contributed by atoms with E-state index in [0.29, 0.717) is 35.9 Å². The highest BCUT2D eigenvalue weighted by Gasteiger charge is 2.29. The number of anilines is 2. The van der Waals surface area contributed by atoms with Crippen LogP contribution in [0.4, 0.5) is 16.2 Å². The van der Waals surface area contributed by atoms with Crippen molar-refractivity contribution in [1.82, 2.24) is 9.88 Å². The van der Waals surface area contributed by atoms with Crippen LogP contribution in [0.2, 0.25) is 0 Å². The van der Waals surface area contributed by atoms with E-state index in [1.807, 2.05) is 0 Å². The molecule has 1 fully saturated rings. The molecule has 0 spiro atoms. The molecule has 28 heavy (non-hydrogen) atoms. The second kappa shape index (κ2) is 7.67. The molecule has 1 atom stereocenters. The molecule has 0 radical (unpaired) electrons. The van der Waals surface area contributed by atoms with Gasteiger partial charge in [-0.15, -0.1) is 0 Å². The summed E-state index contributed by atoms with van der Waals surface area (Å²) in [5, 5.41) is 5.55. The minimum Gasteiger partial charge on any atom is -0.482 e. The average molecular weight is 380 g/mol. The van der Waals surface area contributed by atoms with Crippen molar-refractivity contribution in [3.63, 3.8) is 0 Å². The second-order valence-electron chi connectivity index (χ2n) is 6.84. The van der Waals surface area contributed by atoms with Crippen LogP contribution in [0.3, 0.4) is 0 Å². The molecule has 2 aromatic rings. The van der Waals surface area contributed by atoms with Gasteiger partial charge in [0.15, 0.2) is 12.4 Å². The van der Waals surface area contributed by atoms with Gasteiger partial charge in [0.2, 0.25) is 0 Å². The SMILES string of the molecule is O=C1COc2cc(NC(=O)N3CCCC(C(=O)c4ccccn4)C3)ccc2N1. The first-order valence-electron chi connectivity index (χ1n) is 9.18. The fourth-order valence-electron chi connectivity index (χ4n) is 3.45. The lowest BCUT2D eigenvalue weighted by atomic mass is 9.92. The summed E-state index contributed by atoms with van der Waals surface area (Å²) in [5.74, 6) is 0.0213. The van der Waals surface area contributed by atoms with E-state index in [9.17, 15) is 14.4 Å². The number of pyridine rings is 1. The van der Waals surface area contributed by atoms with Gasteiger partial charge in [0.05, 0.1) is 5.69 Å². The highest BCUT2D eigenvalue weighted by atomic mass is 16.5. The number of benzene rings is 1. The summed E-state index contributed by atoms with van der Waals surface area (Å²) in [7, 11) is 0. The number of aromatic nitrogens is 1. The van der Waals surface area contributed by atoms with E-state index in [0.717, 1.165) is 12.8 Å². The molecule has 3 heterocycles. The third kappa shape index (κ3) is 3.80. The van der Waals surface area contributed by atoms with Crippen LogP contribution in [0, 0.1) is 5.92 Å². The van der Waals surface area contributed by atoms with Crippen LogP contribution in [0.15, 0.2) is 42.6 Å². The molecule has 8 heteroatoms. The maximum Gasteiger partial charge on any atom is 0.321 e. The first-order valence-corrected chi connectivity index (χ1v) is 9.18. The fourth-order valence-corrected chi connectivity index (χ4v) is 3.45. The molecule has 2 N–H and O–H groups in total. The number of ketones is 1. The summed E-state index contributed by atoms with van der Waals surface area (Å²) in [4.78, 5) is 42.4. The summed E-state index contributed by atoms with van der Waals surface area (Å²) in [5.41, 5.74) is 1.58. The van der Waals surface area contributed by atoms with Gasteiger partial charge in [-0.2, -0.15) is 0 Å². The molecular formula is C20H20N4O4. The maximum absolute atomic E-state index is 12.7. The minimum absolute atomic E-state index is 0.0315. The van der Waals surface area contributed by atoms with Crippen LogP contribution in [-0.4, -0.2) is 47.3 Å². The molecule has 144 valence electrons. The van der Waals surface area contributed by atoms with Crippen molar-refractivity contribution < 1.29 is 19.1 Å². The standard InChI is InChI=1S/C20H20N4O4/c25-18-12-28-17-10-14(6-7-15(17)23-18)22-20(27)24-9-3-4-13(11-24)19(26)16-5-1-2-8-21-16/h1-2,5-8,10,13H,3-4,9,11-12H2,(H,22,27)(H,23,25). The van der Waals surface area contributed by atoms with Crippen molar-refractivity contribution in [2.24, 2.45) is 5.92 Å². The molecule has 1 saturated heterocycles. The Bertz CT molecular complexity index is 916. The van der Waals surface area contributed by atoms with Crippen molar-refractivity contribution in [3.8, 4) is 5.75 Å². The number of urea groups is 1. The highest BCUT2D eigenvalue weighted by Crippen LogP contribution is 2.31. The Kier molecular flexibility index (Phi) is 4.92. The first-order chi connectivity index (χ1) is 13.6. The van der Waals surface area contributed by atoms with Crippen LogP contribution in [0.5, 0.6) is 5.75 Å². The van der Waals surface area contributed by atoms with Gasteiger partial charge >= 0.3 is 6.03 Å². The van der Waals surface area contributed by atoms with E-state index in [1.54, 1.807) is 47.5 Å². The lowest BCUT2D eigenvalue weighted by Crippen LogP contribution is -2.44. The molecule has 1 unspecified atom stereocenters. The number of fused-ring (bicyclic) bond motifs is 1. The number of carbonyl (C=O) groups is 3. The molecule has 2 aliphatic heterocycles. The summed E-state index contributed by atoms with van der Waals surface area (Å²) in [6, 6.07) is 10.1. The van der Waals surface area contributed by atoms with Gasteiger partial charge in [0, 0.05) is 37.0 Å². The number of rotatable bonds is 3. The van der Waals surface area contributed by atoms with Gasteiger partial charge in [0.25, 0.3) is 5.91 Å². The van der Waals surface area contributed by atoms with Gasteiger partial charge in [-0.25, -0.2) is 4.79 Å². The van der Waals surface area contributed by atoms with E-state index in [-0.39, 0.29) is 30.2 Å². The molecule has 8 nitrogen and oxygen atoms in total. The Balaban J connectivity index is 1.41. The number of ether oxygens (including phenoxy) is 1. The molecule has 1 aromatic heterocycles. The number of Topliss-reactive ketones (excluding diaryl/α,β-unsaturated/α-hetero) is 1. The molecular weight excluding hydrogens is 360 g/mol. The van der Waals surface area contributed by atoms with Crippen LogP contribution in [0.25, 0.3) is 0 Å². The van der Waals surface area contributed by atoms with Gasteiger partial charge < -0.3 is 20.3 Å². The lowest BCUT2D eigenvalue weighted by molar-refractivity contribution is -0.118. The zero-order valence-corrected chi connectivity index (χ0v) is 15.2. The van der Waals surface area contributed by atoms with Crippen molar-refractivity contribution in [2.75, 3.05) is 30.3 Å². The van der Waals surface area contributed by atoms with E-state index in [2.05, 4.69) is 15.6 Å². The monoisotopic (exact) mass is 380 g/mol. The van der Waals surface area contributed by atoms with Gasteiger partial charge in [0.1, 0.15) is 11.4 Å². The summed E-state index contributed by atoms with van der Waals surface area (Å²) in [6.07, 6.45) is 3.10. The number of likely N-dealkylation sites (tertiary alicyclic amines) is 1. The van der Waals surface area contributed by atoms with E-state index in [4.69, 9.17) is 4.74 Å². The molecule has 0 saturated carbocycles.